The van der Waals surface area contributed by atoms with Crippen LogP contribution in [0.2, 0.25) is 5.02 Å². The molecule has 0 fully saturated rings. The van der Waals surface area contributed by atoms with Gasteiger partial charge in [0, 0.05) is 27.2 Å². The highest BCUT2D eigenvalue weighted by Crippen LogP contribution is 2.37. The van der Waals surface area contributed by atoms with Crippen molar-refractivity contribution in [2.75, 3.05) is 7.11 Å². The molecule has 1 amide bonds. The average Bonchev–Trinajstić information content (AvgIpc) is 2.84. The number of nitrogens with zero attached hydrogens (tertiary/aromatic N) is 1. The smallest absolute Gasteiger partial charge is 0.331 e. The lowest BCUT2D eigenvalue weighted by molar-refractivity contribution is -0.142. The van der Waals surface area contributed by atoms with Gasteiger partial charge < -0.3 is 14.7 Å². The van der Waals surface area contributed by atoms with Gasteiger partial charge in [0.1, 0.15) is 5.75 Å². The summed E-state index contributed by atoms with van der Waals surface area (Å²) in [5.74, 6) is -1.10. The normalized spacial score (nSPS) is 14.5. The van der Waals surface area contributed by atoms with Gasteiger partial charge >= 0.3 is 5.97 Å². The topological polar surface area (TPSA) is 66.8 Å². The van der Waals surface area contributed by atoms with E-state index in [0.29, 0.717) is 21.9 Å². The molecule has 1 aliphatic heterocycles. The van der Waals surface area contributed by atoms with E-state index in [1.54, 1.807) is 18.2 Å². The summed E-state index contributed by atoms with van der Waals surface area (Å²) >= 11 is 9.35. The number of amides is 1. The molecule has 0 unspecified atom stereocenters. The third kappa shape index (κ3) is 2.87. The van der Waals surface area contributed by atoms with E-state index in [9.17, 15) is 14.7 Å². The predicted molar refractivity (Wildman–Crippen MR) is 92.4 cm³/mol. The Morgan fingerprint density at radius 2 is 2.08 bits per heavy atom. The maximum Gasteiger partial charge on any atom is 0.331 e. The first-order valence-electron chi connectivity index (χ1n) is 7.08. The maximum atomic E-state index is 12.7. The average molecular weight is 411 g/mol. The molecule has 1 heterocycles. The van der Waals surface area contributed by atoms with Gasteiger partial charge in [-0.15, -0.1) is 0 Å². The van der Waals surface area contributed by atoms with Crippen molar-refractivity contribution in [3.8, 4) is 5.75 Å². The maximum absolute atomic E-state index is 12.7. The number of aliphatic carboxylic acids is 1. The van der Waals surface area contributed by atoms with Gasteiger partial charge in [-0.05, 0) is 35.9 Å². The number of ether oxygens (including phenoxy) is 1. The van der Waals surface area contributed by atoms with E-state index >= 15 is 0 Å². The first-order valence-corrected chi connectivity index (χ1v) is 8.25. The van der Waals surface area contributed by atoms with E-state index < -0.39 is 12.0 Å². The van der Waals surface area contributed by atoms with Crippen LogP contribution < -0.4 is 4.74 Å². The fourth-order valence-electron chi connectivity index (χ4n) is 2.86. The summed E-state index contributed by atoms with van der Waals surface area (Å²) in [6, 6.07) is 8.88. The Hall–Kier alpha value is -2.05. The molecule has 0 aliphatic carbocycles. The van der Waals surface area contributed by atoms with Crippen molar-refractivity contribution in [1.29, 1.82) is 0 Å². The number of carbonyl (C=O) groups excluding carboxylic acids is 1. The van der Waals surface area contributed by atoms with E-state index in [-0.39, 0.29) is 12.5 Å². The summed E-state index contributed by atoms with van der Waals surface area (Å²) in [4.78, 5) is 26.0. The van der Waals surface area contributed by atoms with E-state index in [1.807, 2.05) is 12.1 Å². The van der Waals surface area contributed by atoms with Crippen LogP contribution in [0.25, 0.3) is 0 Å². The van der Waals surface area contributed by atoms with E-state index in [0.717, 1.165) is 10.0 Å². The van der Waals surface area contributed by atoms with Crippen molar-refractivity contribution < 1.29 is 19.4 Å². The number of fused-ring (bicyclic) bond motifs is 1. The van der Waals surface area contributed by atoms with Crippen LogP contribution in [0.1, 0.15) is 27.5 Å². The monoisotopic (exact) mass is 409 g/mol. The Balaban J connectivity index is 2.07. The second-order valence-corrected chi connectivity index (χ2v) is 6.71. The third-order valence-electron chi connectivity index (χ3n) is 3.94. The lowest BCUT2D eigenvalue weighted by Gasteiger charge is -2.26. The third-order valence-corrected chi connectivity index (χ3v) is 4.66. The zero-order valence-electron chi connectivity index (χ0n) is 12.6. The van der Waals surface area contributed by atoms with Crippen LogP contribution in [0, 0.1) is 0 Å². The summed E-state index contributed by atoms with van der Waals surface area (Å²) in [6.07, 6.45) is 0. The van der Waals surface area contributed by atoms with E-state index in [4.69, 9.17) is 16.3 Å². The highest BCUT2D eigenvalue weighted by Gasteiger charge is 2.39. The summed E-state index contributed by atoms with van der Waals surface area (Å²) in [5.41, 5.74) is 1.63. The number of methoxy groups -OCH3 is 1. The second kappa shape index (κ2) is 6.45. The Kier molecular flexibility index (Phi) is 4.51. The lowest BCUT2D eigenvalue weighted by Crippen LogP contribution is -2.34. The van der Waals surface area contributed by atoms with E-state index in [2.05, 4.69) is 15.9 Å². The van der Waals surface area contributed by atoms with Gasteiger partial charge in [-0.2, -0.15) is 0 Å². The predicted octanol–water partition coefficient (Wildman–Crippen LogP) is 3.89. The molecule has 0 saturated heterocycles. The SMILES string of the molecule is COc1ccc(Cl)cc1[C@H](C(=O)O)N1Cc2ccc(Br)cc2C1=O. The Morgan fingerprint density at radius 1 is 1.33 bits per heavy atom. The van der Waals surface area contributed by atoms with Crippen molar-refractivity contribution in [2.45, 2.75) is 12.6 Å². The van der Waals surface area contributed by atoms with Crippen LogP contribution in [0.15, 0.2) is 40.9 Å². The van der Waals surface area contributed by atoms with Gasteiger partial charge in [0.05, 0.1) is 7.11 Å². The molecule has 1 atom stereocenters. The number of carboxylic acids is 1. The van der Waals surface area contributed by atoms with Crippen molar-refractivity contribution in [3.63, 3.8) is 0 Å². The molecule has 2 aromatic rings. The molecule has 1 aliphatic rings. The molecule has 1 N–H and O–H groups in total. The minimum Gasteiger partial charge on any atom is -0.496 e. The largest absolute Gasteiger partial charge is 0.496 e. The summed E-state index contributed by atoms with van der Waals surface area (Å²) in [6.45, 7) is 0.216. The van der Waals surface area contributed by atoms with Crippen molar-refractivity contribution in [2.24, 2.45) is 0 Å². The number of carbonyl (C=O) groups is 2. The first kappa shape index (κ1) is 16.8. The molecular weight excluding hydrogens is 398 g/mol. The Bertz CT molecular complexity index is 839. The number of benzene rings is 2. The van der Waals surface area contributed by atoms with Crippen molar-refractivity contribution in [1.82, 2.24) is 4.90 Å². The molecule has 0 saturated carbocycles. The summed E-state index contributed by atoms with van der Waals surface area (Å²) in [7, 11) is 1.45. The first-order chi connectivity index (χ1) is 11.4. The van der Waals surface area contributed by atoms with Crippen LogP contribution >= 0.6 is 27.5 Å². The van der Waals surface area contributed by atoms with Gasteiger partial charge in [0.15, 0.2) is 6.04 Å². The molecule has 0 bridgehead atoms. The highest BCUT2D eigenvalue weighted by molar-refractivity contribution is 9.10. The van der Waals surface area contributed by atoms with Crippen molar-refractivity contribution >= 4 is 39.4 Å². The van der Waals surface area contributed by atoms with Crippen LogP contribution in [0.3, 0.4) is 0 Å². The lowest BCUT2D eigenvalue weighted by atomic mass is 10.0. The number of hydrogen-bond acceptors (Lipinski definition) is 3. The van der Waals surface area contributed by atoms with Gasteiger partial charge in [0.25, 0.3) is 5.91 Å². The van der Waals surface area contributed by atoms with Gasteiger partial charge in [0.2, 0.25) is 0 Å². The van der Waals surface area contributed by atoms with Gasteiger partial charge in [-0.25, -0.2) is 4.79 Å². The molecule has 0 radical (unpaired) electrons. The number of halogens is 2. The quantitative estimate of drug-likeness (QED) is 0.830. The molecule has 7 heteroatoms. The molecule has 24 heavy (non-hydrogen) atoms. The standard InChI is InChI=1S/C17H13BrClNO4/c1-24-14-5-4-11(19)7-13(14)15(17(22)23)20-8-9-2-3-10(18)6-12(9)16(20)21/h2-7,15H,8H2,1H3,(H,22,23)/t15-/m1/s1. The second-order valence-electron chi connectivity index (χ2n) is 5.36. The van der Waals surface area contributed by atoms with Crippen LogP contribution in [-0.2, 0) is 11.3 Å². The summed E-state index contributed by atoms with van der Waals surface area (Å²) < 4.78 is 6.02. The zero-order chi connectivity index (χ0) is 17.4. The number of carboxylic acid groups (broad SMARTS) is 1. The highest BCUT2D eigenvalue weighted by atomic mass is 79.9. The van der Waals surface area contributed by atoms with Gasteiger partial charge in [-0.1, -0.05) is 33.6 Å². The molecule has 5 nitrogen and oxygen atoms in total. The van der Waals surface area contributed by atoms with Crippen LogP contribution in [0.5, 0.6) is 5.75 Å². The van der Waals surface area contributed by atoms with Crippen molar-refractivity contribution in [3.05, 3.63) is 62.6 Å². The molecule has 2 aromatic carbocycles. The summed E-state index contributed by atoms with van der Waals surface area (Å²) in [5, 5.41) is 10.1. The molecule has 0 spiro atoms. The number of hydrogen-bond donors (Lipinski definition) is 1. The van der Waals surface area contributed by atoms with Crippen LogP contribution in [0.4, 0.5) is 0 Å². The Labute approximate surface area is 151 Å². The van der Waals surface area contributed by atoms with Crippen LogP contribution in [-0.4, -0.2) is 29.0 Å². The minimum atomic E-state index is -1.18. The fourth-order valence-corrected chi connectivity index (χ4v) is 3.40. The van der Waals surface area contributed by atoms with E-state index in [1.165, 1.54) is 18.1 Å². The molecule has 0 aromatic heterocycles. The number of rotatable bonds is 4. The molecule has 3 rings (SSSR count). The fraction of sp³-hybridized carbons (Fsp3) is 0.176. The zero-order valence-corrected chi connectivity index (χ0v) is 15.0. The Morgan fingerprint density at radius 3 is 2.75 bits per heavy atom. The molecule has 124 valence electrons. The van der Waals surface area contributed by atoms with Gasteiger partial charge in [-0.3, -0.25) is 4.79 Å². The minimum absolute atomic E-state index is 0.216. The molecular formula is C17H13BrClNO4.